The summed E-state index contributed by atoms with van der Waals surface area (Å²) in [5, 5.41) is 20.7. The minimum atomic E-state index is -4.07. The van der Waals surface area contributed by atoms with Gasteiger partial charge in [-0.15, -0.1) is 0 Å². The summed E-state index contributed by atoms with van der Waals surface area (Å²) >= 11 is 0. The summed E-state index contributed by atoms with van der Waals surface area (Å²) in [4.78, 5) is 55.4. The third kappa shape index (κ3) is 12.5. The van der Waals surface area contributed by atoms with Crippen molar-refractivity contribution < 1.29 is 37.4 Å². The molecule has 1 aromatic rings. The molecule has 258 valence electrons. The predicted octanol–water partition coefficient (Wildman–Crippen LogP) is -2.27. The first-order valence-corrected chi connectivity index (χ1v) is 16.7. The van der Waals surface area contributed by atoms with E-state index in [2.05, 4.69) is 20.3 Å². The number of amides is 3. The summed E-state index contributed by atoms with van der Waals surface area (Å²) < 4.78 is 37.0. The quantitative estimate of drug-likeness (QED) is 0.0910. The number of nitrogens with two attached hydrogens (primary N) is 1. The van der Waals surface area contributed by atoms with Gasteiger partial charge in [-0.05, 0) is 31.6 Å². The molecule has 7 N–H and O–H groups in total. The highest BCUT2D eigenvalue weighted by molar-refractivity contribution is 7.87. The fraction of sp³-hybridized carbons (Fsp3) is 0.704. The van der Waals surface area contributed by atoms with Gasteiger partial charge in [0, 0.05) is 71.2 Å². The Hall–Kier alpha value is -3.81. The first kappa shape index (κ1) is 36.7. The van der Waals surface area contributed by atoms with Gasteiger partial charge in [0.15, 0.2) is 5.96 Å². The van der Waals surface area contributed by atoms with Crippen LogP contribution >= 0.6 is 0 Å². The molecule has 2 atom stereocenters. The van der Waals surface area contributed by atoms with Gasteiger partial charge >= 0.3 is 0 Å². The molecule has 0 bridgehead atoms. The average molecular weight is 671 g/mol. The number of aromatic nitrogens is 2. The molecule has 4 rings (SSSR count). The minimum absolute atomic E-state index is 0.00714. The number of carbonyl (C=O) groups is 4. The molecule has 0 radical (unpaired) electrons. The zero-order valence-corrected chi connectivity index (χ0v) is 26.9. The molecule has 3 amide bonds. The van der Waals surface area contributed by atoms with Gasteiger partial charge in [-0.2, -0.15) is 17.4 Å². The lowest BCUT2D eigenvalue weighted by molar-refractivity contribution is -0.136. The van der Waals surface area contributed by atoms with Crippen molar-refractivity contribution in [3.8, 4) is 0 Å². The Morgan fingerprint density at radius 2 is 1.83 bits per heavy atom. The van der Waals surface area contributed by atoms with Crippen LogP contribution in [0.5, 0.6) is 0 Å². The van der Waals surface area contributed by atoms with Crippen molar-refractivity contribution in [1.82, 2.24) is 39.0 Å². The number of likely N-dealkylation sites (tertiary alicyclic amines) is 1. The molecule has 3 fully saturated rings. The summed E-state index contributed by atoms with van der Waals surface area (Å²) in [5.41, 5.74) is 5.62. The van der Waals surface area contributed by atoms with Crippen LogP contribution in [0.4, 0.5) is 0 Å². The molecule has 3 heterocycles. The number of nitrogens with one attached hydrogen (secondary N) is 4. The number of rotatable bonds is 14. The summed E-state index contributed by atoms with van der Waals surface area (Å²) in [7, 11) is -4.07. The van der Waals surface area contributed by atoms with Crippen molar-refractivity contribution in [2.45, 2.75) is 57.7 Å². The fourth-order valence-corrected chi connectivity index (χ4v) is 6.49. The van der Waals surface area contributed by atoms with Crippen molar-refractivity contribution >= 4 is 39.9 Å². The number of aliphatic carboxylic acids is 1. The number of guanidine groups is 1. The standard InChI is InChI=1S/C25H42N10O6S.C2H4O2/c26-25(27)33-7-1-2-19(16-33)15-30-22(36)14-21(31-42(39,40)34-10-12-41-13-11-34)24(38)35(20-3-4-20)9-6-29-23(37)17-32-8-5-28-18-32;1-2(3)4/h5,8,18-21,31H,1-4,6-7,9-17H2,(H3,26,27)(H,29,37)(H,30,36);1H3,(H,3,4)/t19-,21-;/m0./s1. The largest absolute Gasteiger partial charge is 0.481 e. The zero-order chi connectivity index (χ0) is 33.7. The molecule has 19 heteroatoms. The van der Waals surface area contributed by atoms with E-state index in [-0.39, 0.29) is 76.2 Å². The highest BCUT2D eigenvalue weighted by Crippen LogP contribution is 2.27. The molecule has 0 aromatic carbocycles. The summed E-state index contributed by atoms with van der Waals surface area (Å²) in [6.07, 6.45) is 7.63. The fourth-order valence-electron chi connectivity index (χ4n) is 5.16. The molecule has 2 saturated heterocycles. The second-order valence-electron chi connectivity index (χ2n) is 11.4. The van der Waals surface area contributed by atoms with Crippen LogP contribution in [-0.2, 0) is 40.7 Å². The number of carboxylic acids is 1. The molecule has 1 saturated carbocycles. The monoisotopic (exact) mass is 670 g/mol. The Bertz CT molecular complexity index is 1280. The van der Waals surface area contributed by atoms with Crippen LogP contribution in [0.3, 0.4) is 0 Å². The van der Waals surface area contributed by atoms with Crippen LogP contribution in [0.25, 0.3) is 0 Å². The Morgan fingerprint density at radius 3 is 2.43 bits per heavy atom. The van der Waals surface area contributed by atoms with Gasteiger partial charge in [0.2, 0.25) is 17.7 Å². The molecule has 0 unspecified atom stereocenters. The van der Waals surface area contributed by atoms with Gasteiger partial charge in [0.05, 0.1) is 26.0 Å². The molecular formula is C27H46N10O8S. The maximum atomic E-state index is 13.8. The number of piperidine rings is 1. The van der Waals surface area contributed by atoms with E-state index < -0.39 is 34.0 Å². The highest BCUT2D eigenvalue weighted by Gasteiger charge is 2.39. The molecule has 46 heavy (non-hydrogen) atoms. The number of hydrogen-bond acceptors (Lipinski definition) is 9. The van der Waals surface area contributed by atoms with E-state index in [4.69, 9.17) is 25.8 Å². The van der Waals surface area contributed by atoms with Crippen LogP contribution in [0.1, 0.15) is 39.0 Å². The summed E-state index contributed by atoms with van der Waals surface area (Å²) in [6.45, 7) is 3.87. The molecule has 1 aliphatic carbocycles. The number of carboxylic acid groups (broad SMARTS) is 1. The van der Waals surface area contributed by atoms with Gasteiger partial charge in [0.1, 0.15) is 12.6 Å². The molecule has 2 aliphatic heterocycles. The van der Waals surface area contributed by atoms with E-state index in [1.54, 1.807) is 26.8 Å². The lowest BCUT2D eigenvalue weighted by Crippen LogP contribution is -2.56. The second-order valence-corrected chi connectivity index (χ2v) is 13.1. The van der Waals surface area contributed by atoms with Gasteiger partial charge < -0.3 is 40.6 Å². The highest BCUT2D eigenvalue weighted by atomic mass is 32.2. The maximum Gasteiger partial charge on any atom is 0.300 e. The number of imidazole rings is 1. The van der Waals surface area contributed by atoms with Crippen molar-refractivity contribution in [3.05, 3.63) is 18.7 Å². The third-order valence-electron chi connectivity index (χ3n) is 7.57. The molecule has 3 aliphatic rings. The Morgan fingerprint density at radius 1 is 1.13 bits per heavy atom. The number of carbonyl (C=O) groups excluding carboxylic acids is 3. The third-order valence-corrected chi connectivity index (χ3v) is 9.19. The van der Waals surface area contributed by atoms with E-state index in [1.807, 2.05) is 0 Å². The lowest BCUT2D eigenvalue weighted by Gasteiger charge is -2.33. The van der Waals surface area contributed by atoms with Crippen LogP contribution in [-0.4, -0.2) is 138 Å². The number of hydrogen-bond donors (Lipinski definition) is 6. The molecule has 18 nitrogen and oxygen atoms in total. The van der Waals surface area contributed by atoms with Gasteiger partial charge in [-0.3, -0.25) is 24.6 Å². The predicted molar refractivity (Wildman–Crippen MR) is 165 cm³/mol. The van der Waals surface area contributed by atoms with E-state index in [0.717, 1.165) is 32.6 Å². The normalized spacial score (nSPS) is 19.2. The van der Waals surface area contributed by atoms with Crippen molar-refractivity contribution in [2.24, 2.45) is 11.7 Å². The van der Waals surface area contributed by atoms with Crippen molar-refractivity contribution in [2.75, 3.05) is 59.0 Å². The van der Waals surface area contributed by atoms with Gasteiger partial charge in [0.25, 0.3) is 16.2 Å². The number of nitrogens with zero attached hydrogens (tertiary/aromatic N) is 5. The summed E-state index contributed by atoms with van der Waals surface area (Å²) in [5.74, 6) is -1.96. The van der Waals surface area contributed by atoms with Crippen LogP contribution in [0.15, 0.2) is 18.7 Å². The van der Waals surface area contributed by atoms with E-state index in [1.165, 1.54) is 10.6 Å². The first-order chi connectivity index (χ1) is 21.9. The number of ether oxygens (including phenoxy) is 1. The Kier molecular flexibility index (Phi) is 14.2. The topological polar surface area (TPSA) is 245 Å². The SMILES string of the molecule is CC(=O)O.N=C(N)N1CCC[C@@H](CNC(=O)C[C@H](NS(=O)(=O)N2CCOCC2)C(=O)N(CCNC(=O)Cn2ccnc2)C2CC2)C1. The average Bonchev–Trinajstić information content (AvgIpc) is 3.72. The Balaban J connectivity index is 0.00000136. The van der Waals surface area contributed by atoms with Gasteiger partial charge in [-0.1, -0.05) is 0 Å². The van der Waals surface area contributed by atoms with Crippen LogP contribution in [0.2, 0.25) is 0 Å². The zero-order valence-electron chi connectivity index (χ0n) is 26.1. The molecule has 1 aromatic heterocycles. The van der Waals surface area contributed by atoms with Gasteiger partial charge in [-0.25, -0.2) is 4.98 Å². The summed E-state index contributed by atoms with van der Waals surface area (Å²) in [6, 6.07) is -1.40. The Labute approximate surface area is 268 Å². The smallest absolute Gasteiger partial charge is 0.300 e. The van der Waals surface area contributed by atoms with E-state index in [9.17, 15) is 22.8 Å². The van der Waals surface area contributed by atoms with Crippen molar-refractivity contribution in [3.63, 3.8) is 0 Å². The minimum Gasteiger partial charge on any atom is -0.481 e. The molecular weight excluding hydrogens is 624 g/mol. The van der Waals surface area contributed by atoms with E-state index >= 15 is 0 Å². The second kappa shape index (κ2) is 17.8. The molecule has 0 spiro atoms. The number of morpholine rings is 1. The first-order valence-electron chi connectivity index (χ1n) is 15.3. The van der Waals surface area contributed by atoms with E-state index in [0.29, 0.717) is 19.6 Å². The van der Waals surface area contributed by atoms with Crippen molar-refractivity contribution in [1.29, 1.82) is 5.41 Å². The maximum absolute atomic E-state index is 13.8. The van der Waals surface area contributed by atoms with Crippen LogP contribution < -0.4 is 21.1 Å². The lowest BCUT2D eigenvalue weighted by atomic mass is 9.98. The van der Waals surface area contributed by atoms with Crippen LogP contribution in [0, 0.1) is 11.3 Å².